The van der Waals surface area contributed by atoms with E-state index in [1.165, 1.54) is 15.9 Å². The number of nitrogens with zero attached hydrogens (tertiary/aromatic N) is 3. The van der Waals surface area contributed by atoms with Gasteiger partial charge in [-0.1, -0.05) is 23.5 Å². The van der Waals surface area contributed by atoms with Crippen LogP contribution in [0.1, 0.15) is 11.4 Å². The third-order valence-corrected chi connectivity index (χ3v) is 3.97. The predicted octanol–water partition coefficient (Wildman–Crippen LogP) is 1.02. The van der Waals surface area contributed by atoms with Crippen LogP contribution in [0.2, 0.25) is 0 Å². The normalized spacial score (nSPS) is 12.0. The van der Waals surface area contributed by atoms with Gasteiger partial charge in [-0.15, -0.1) is 5.10 Å². The number of para-hydroxylation sites is 1. The third-order valence-electron chi connectivity index (χ3n) is 3.01. The van der Waals surface area contributed by atoms with Crippen LogP contribution in [0.4, 0.5) is 0 Å². The molecule has 6 nitrogen and oxygen atoms in total. The summed E-state index contributed by atoms with van der Waals surface area (Å²) in [6.45, 7) is 1.76. The van der Waals surface area contributed by atoms with E-state index in [1.807, 2.05) is 12.1 Å². The Bertz CT molecular complexity index is 914. The Morgan fingerprint density at radius 2 is 2.10 bits per heavy atom. The Hall–Kier alpha value is -2.41. The summed E-state index contributed by atoms with van der Waals surface area (Å²) in [6.07, 6.45) is 1.76. The number of ether oxygens (including phenoxy) is 2. The van der Waals surface area contributed by atoms with Crippen LogP contribution in [-0.2, 0) is 0 Å². The average molecular weight is 303 g/mol. The van der Waals surface area contributed by atoms with Crippen molar-refractivity contribution >= 4 is 22.4 Å². The second-order valence-electron chi connectivity index (χ2n) is 4.35. The fourth-order valence-corrected chi connectivity index (χ4v) is 3.04. The molecule has 0 bridgehead atoms. The Morgan fingerprint density at radius 3 is 2.76 bits per heavy atom. The number of methoxy groups -OCH3 is 2. The molecular weight excluding hydrogens is 290 g/mol. The maximum absolute atomic E-state index is 12.3. The van der Waals surface area contributed by atoms with Crippen LogP contribution in [0.5, 0.6) is 11.5 Å². The Kier molecular flexibility index (Phi) is 3.34. The van der Waals surface area contributed by atoms with E-state index < -0.39 is 0 Å². The van der Waals surface area contributed by atoms with Gasteiger partial charge in [0.1, 0.15) is 5.82 Å². The lowest BCUT2D eigenvalue weighted by Gasteiger charge is -2.09. The molecule has 2 aromatic heterocycles. The van der Waals surface area contributed by atoms with Crippen molar-refractivity contribution in [2.75, 3.05) is 14.2 Å². The third kappa shape index (κ3) is 2.25. The molecular formula is C14H13N3O3S. The maximum Gasteiger partial charge on any atom is 0.291 e. The van der Waals surface area contributed by atoms with Gasteiger partial charge in [0.25, 0.3) is 5.56 Å². The molecule has 21 heavy (non-hydrogen) atoms. The minimum Gasteiger partial charge on any atom is -0.493 e. The van der Waals surface area contributed by atoms with Crippen molar-refractivity contribution in [3.63, 3.8) is 0 Å². The molecule has 0 saturated heterocycles. The molecule has 0 unspecified atom stereocenters. The molecule has 2 heterocycles. The largest absolute Gasteiger partial charge is 0.493 e. The minimum atomic E-state index is -0.180. The zero-order valence-electron chi connectivity index (χ0n) is 11.8. The summed E-state index contributed by atoms with van der Waals surface area (Å²) in [7, 11) is 3.14. The van der Waals surface area contributed by atoms with Crippen LogP contribution in [0, 0.1) is 6.92 Å². The molecule has 0 radical (unpaired) electrons. The molecule has 0 fully saturated rings. The first-order chi connectivity index (χ1) is 10.1. The first-order valence-corrected chi connectivity index (χ1v) is 7.04. The highest BCUT2D eigenvalue weighted by Crippen LogP contribution is 2.30. The summed E-state index contributed by atoms with van der Waals surface area (Å²) in [5.74, 6) is 1.80. The Labute approximate surface area is 124 Å². The van der Waals surface area contributed by atoms with Gasteiger partial charge >= 0.3 is 0 Å². The molecule has 3 rings (SSSR count). The van der Waals surface area contributed by atoms with E-state index in [9.17, 15) is 4.79 Å². The van der Waals surface area contributed by atoms with Crippen LogP contribution in [-0.4, -0.2) is 28.8 Å². The lowest BCUT2D eigenvalue weighted by molar-refractivity contribution is 0.354. The number of aryl methyl sites for hydroxylation is 1. The maximum atomic E-state index is 12.3. The predicted molar refractivity (Wildman–Crippen MR) is 80.2 cm³/mol. The second kappa shape index (κ2) is 5.17. The van der Waals surface area contributed by atoms with Crippen LogP contribution >= 0.6 is 11.3 Å². The molecule has 0 amide bonds. The highest BCUT2D eigenvalue weighted by Gasteiger charge is 2.11. The van der Waals surface area contributed by atoms with Crippen molar-refractivity contribution in [3.05, 3.63) is 44.5 Å². The van der Waals surface area contributed by atoms with Crippen LogP contribution in [0.15, 0.2) is 23.0 Å². The summed E-state index contributed by atoms with van der Waals surface area (Å²) in [5.41, 5.74) is 0.593. The van der Waals surface area contributed by atoms with Gasteiger partial charge in [0, 0.05) is 5.56 Å². The van der Waals surface area contributed by atoms with E-state index in [-0.39, 0.29) is 5.56 Å². The number of fused-ring (bicyclic) bond motifs is 1. The minimum absolute atomic E-state index is 0.180. The van der Waals surface area contributed by atoms with E-state index >= 15 is 0 Å². The van der Waals surface area contributed by atoms with E-state index in [0.29, 0.717) is 26.8 Å². The molecule has 108 valence electrons. The quantitative estimate of drug-likeness (QED) is 0.723. The second-order valence-corrected chi connectivity index (χ2v) is 5.36. The van der Waals surface area contributed by atoms with Crippen molar-refractivity contribution in [1.29, 1.82) is 0 Å². The summed E-state index contributed by atoms with van der Waals surface area (Å²) in [5, 5.41) is 4.08. The number of aromatic nitrogens is 3. The molecule has 7 heteroatoms. The molecule has 0 atom stereocenters. The molecule has 0 aliphatic carbocycles. The topological polar surface area (TPSA) is 65.7 Å². The van der Waals surface area contributed by atoms with Crippen molar-refractivity contribution in [3.8, 4) is 11.5 Å². The van der Waals surface area contributed by atoms with Gasteiger partial charge in [-0.25, -0.2) is 4.98 Å². The fourth-order valence-electron chi connectivity index (χ4n) is 2.10. The van der Waals surface area contributed by atoms with Gasteiger partial charge < -0.3 is 9.47 Å². The molecule has 0 aliphatic heterocycles. The van der Waals surface area contributed by atoms with Gasteiger partial charge in [0.15, 0.2) is 11.5 Å². The Balaban J connectivity index is 2.23. The number of benzene rings is 1. The molecule has 1 aromatic carbocycles. The average Bonchev–Trinajstić information content (AvgIpc) is 2.97. The van der Waals surface area contributed by atoms with E-state index in [4.69, 9.17) is 9.47 Å². The highest BCUT2D eigenvalue weighted by molar-refractivity contribution is 7.15. The zero-order chi connectivity index (χ0) is 15.0. The first kappa shape index (κ1) is 13.6. The molecule has 0 N–H and O–H groups in total. The lowest BCUT2D eigenvalue weighted by atomic mass is 10.2. The van der Waals surface area contributed by atoms with E-state index in [1.54, 1.807) is 33.3 Å². The van der Waals surface area contributed by atoms with Gasteiger partial charge in [-0.3, -0.25) is 4.79 Å². The van der Waals surface area contributed by atoms with E-state index in [2.05, 4.69) is 10.1 Å². The first-order valence-electron chi connectivity index (χ1n) is 6.23. The number of thiazole rings is 1. The molecule has 0 saturated carbocycles. The standard InChI is InChI=1S/C14H13N3O3S/c1-8-15-14-17(16-8)13(18)11(21-14)7-9-5-4-6-10(19-2)12(9)20-3/h4-7H,1-3H3. The van der Waals surface area contributed by atoms with Gasteiger partial charge in [0.2, 0.25) is 4.96 Å². The molecule has 0 aliphatic rings. The van der Waals surface area contributed by atoms with Crippen LogP contribution < -0.4 is 19.6 Å². The Morgan fingerprint density at radius 1 is 1.29 bits per heavy atom. The smallest absolute Gasteiger partial charge is 0.291 e. The van der Waals surface area contributed by atoms with Gasteiger partial charge in [-0.2, -0.15) is 4.52 Å². The zero-order valence-corrected chi connectivity index (χ0v) is 12.6. The number of hydrogen-bond acceptors (Lipinski definition) is 6. The van der Waals surface area contributed by atoms with Crippen LogP contribution in [0.25, 0.3) is 11.0 Å². The van der Waals surface area contributed by atoms with Crippen molar-refractivity contribution in [1.82, 2.24) is 14.6 Å². The molecule has 3 aromatic rings. The van der Waals surface area contributed by atoms with Crippen LogP contribution in [0.3, 0.4) is 0 Å². The lowest BCUT2D eigenvalue weighted by Crippen LogP contribution is -2.23. The monoisotopic (exact) mass is 303 g/mol. The summed E-state index contributed by atoms with van der Waals surface area (Å²) in [4.78, 5) is 17.1. The van der Waals surface area contributed by atoms with Gasteiger partial charge in [0.05, 0.1) is 18.8 Å². The fraction of sp³-hybridized carbons (Fsp3) is 0.214. The SMILES string of the molecule is COc1cccc(C=c2sc3nc(C)nn3c2=O)c1OC. The van der Waals surface area contributed by atoms with Crippen molar-refractivity contribution < 1.29 is 9.47 Å². The summed E-state index contributed by atoms with van der Waals surface area (Å²) >= 11 is 1.30. The molecule has 0 spiro atoms. The van der Waals surface area contributed by atoms with Crippen molar-refractivity contribution in [2.24, 2.45) is 0 Å². The van der Waals surface area contributed by atoms with Gasteiger partial charge in [-0.05, 0) is 19.1 Å². The highest BCUT2D eigenvalue weighted by atomic mass is 32.1. The van der Waals surface area contributed by atoms with Crippen molar-refractivity contribution in [2.45, 2.75) is 6.92 Å². The summed E-state index contributed by atoms with van der Waals surface area (Å²) in [6, 6.07) is 5.52. The number of hydrogen-bond donors (Lipinski definition) is 0. The number of rotatable bonds is 3. The summed E-state index contributed by atoms with van der Waals surface area (Å²) < 4.78 is 12.5. The van der Waals surface area contributed by atoms with E-state index in [0.717, 1.165) is 5.56 Å².